The molecular formula is C20H28O5. The summed E-state index contributed by atoms with van der Waals surface area (Å²) in [6.45, 7) is 3.01. The summed E-state index contributed by atoms with van der Waals surface area (Å²) in [5, 5.41) is 27.5. The number of aliphatic hydroxyl groups excluding tert-OH is 2. The largest absolute Gasteiger partial charge is 0.512 e. The van der Waals surface area contributed by atoms with Gasteiger partial charge < -0.3 is 15.3 Å². The van der Waals surface area contributed by atoms with Crippen LogP contribution in [-0.4, -0.2) is 33.2 Å². The van der Waals surface area contributed by atoms with Gasteiger partial charge in [-0.05, 0) is 37.3 Å². The van der Waals surface area contributed by atoms with Crippen molar-refractivity contribution >= 4 is 11.8 Å². The molecule has 3 N–H and O–H groups in total. The summed E-state index contributed by atoms with van der Waals surface area (Å²) in [5.74, 6) is -1.21. The number of carbonyl (C=O) groups is 2. The molecule has 0 saturated heterocycles. The summed E-state index contributed by atoms with van der Waals surface area (Å²) in [7, 11) is 0. The minimum absolute atomic E-state index is 0.0687. The quantitative estimate of drug-likeness (QED) is 0.540. The molecule has 1 aromatic carbocycles. The Bertz CT molecular complexity index is 575. The van der Waals surface area contributed by atoms with Crippen molar-refractivity contribution < 1.29 is 24.9 Å². The van der Waals surface area contributed by atoms with Gasteiger partial charge >= 0.3 is 0 Å². The van der Waals surface area contributed by atoms with Crippen LogP contribution in [0.2, 0.25) is 0 Å². The van der Waals surface area contributed by atoms with Crippen LogP contribution in [0.3, 0.4) is 0 Å². The first kappa shape index (κ1) is 20.9. The first-order valence-corrected chi connectivity index (χ1v) is 8.70. The van der Waals surface area contributed by atoms with Crippen LogP contribution in [0.25, 0.3) is 0 Å². The second-order valence-corrected chi connectivity index (χ2v) is 6.30. The van der Waals surface area contributed by atoms with Gasteiger partial charge in [0.25, 0.3) is 5.97 Å². The number of ketones is 1. The topological polar surface area (TPSA) is 94.8 Å². The van der Waals surface area contributed by atoms with Gasteiger partial charge in [-0.25, -0.2) is 0 Å². The van der Waals surface area contributed by atoms with Crippen molar-refractivity contribution in [1.29, 1.82) is 0 Å². The number of unbranched alkanes of at least 4 members (excludes halogenated alkanes) is 1. The predicted octanol–water partition coefficient (Wildman–Crippen LogP) is 3.52. The van der Waals surface area contributed by atoms with Crippen molar-refractivity contribution in [3.8, 4) is 0 Å². The van der Waals surface area contributed by atoms with Crippen LogP contribution in [0.4, 0.5) is 0 Å². The molecule has 1 aliphatic carbocycles. The van der Waals surface area contributed by atoms with Crippen LogP contribution >= 0.6 is 0 Å². The zero-order chi connectivity index (χ0) is 18.8. The first-order valence-electron chi connectivity index (χ1n) is 8.70. The van der Waals surface area contributed by atoms with Crippen molar-refractivity contribution in [2.24, 2.45) is 11.8 Å². The van der Waals surface area contributed by atoms with E-state index in [9.17, 15) is 15.0 Å². The smallest absolute Gasteiger partial charge is 0.300 e. The molecule has 2 rings (SSSR count). The van der Waals surface area contributed by atoms with Crippen LogP contribution in [0.15, 0.2) is 42.2 Å². The van der Waals surface area contributed by atoms with Gasteiger partial charge in [0.05, 0.1) is 17.8 Å². The molecule has 1 aliphatic rings. The molecule has 5 nitrogen and oxygen atoms in total. The normalized spacial score (nSPS) is 23.1. The van der Waals surface area contributed by atoms with E-state index in [-0.39, 0.29) is 23.9 Å². The van der Waals surface area contributed by atoms with E-state index in [1.807, 2.05) is 25.1 Å². The second kappa shape index (κ2) is 10.7. The molecule has 0 aromatic heterocycles. The van der Waals surface area contributed by atoms with E-state index in [0.29, 0.717) is 6.42 Å². The zero-order valence-electron chi connectivity index (χ0n) is 14.9. The van der Waals surface area contributed by atoms with Gasteiger partial charge in [-0.2, -0.15) is 0 Å². The fourth-order valence-corrected chi connectivity index (χ4v) is 3.17. The van der Waals surface area contributed by atoms with Crippen molar-refractivity contribution in [3.05, 3.63) is 47.7 Å². The molecule has 0 radical (unpaired) electrons. The standard InChI is InChI=1S/C18H24O3.C2H4O2/c1-2-14-16(20)12-17(21)18(14)15(19)11-7-6-10-13-8-4-3-5-9-13;1-2(3)4/h3-5,8-9,11,14,17-19,21H,2,6-7,10,12H2,1H3;1H3,(H,3,4)/t14-,17+,18-;/m0./s1. The molecule has 0 amide bonds. The Hall–Kier alpha value is -2.14. The third-order valence-electron chi connectivity index (χ3n) is 4.32. The Kier molecular flexibility index (Phi) is 8.92. The van der Waals surface area contributed by atoms with Crippen molar-refractivity contribution in [3.63, 3.8) is 0 Å². The van der Waals surface area contributed by atoms with E-state index in [0.717, 1.165) is 26.2 Å². The number of carbonyl (C=O) groups excluding carboxylic acids is 1. The highest BCUT2D eigenvalue weighted by atomic mass is 16.4. The Balaban J connectivity index is 0.000000705. The maximum absolute atomic E-state index is 11.7. The number of aliphatic carboxylic acids is 1. The minimum Gasteiger partial charge on any atom is -0.512 e. The number of aliphatic hydroxyl groups is 2. The third kappa shape index (κ3) is 7.10. The Labute approximate surface area is 149 Å². The molecule has 1 fully saturated rings. The summed E-state index contributed by atoms with van der Waals surface area (Å²) in [6, 6.07) is 10.2. The monoisotopic (exact) mass is 348 g/mol. The molecule has 25 heavy (non-hydrogen) atoms. The molecule has 1 saturated carbocycles. The van der Waals surface area contributed by atoms with Gasteiger partial charge in [-0.3, -0.25) is 9.59 Å². The lowest BCUT2D eigenvalue weighted by Gasteiger charge is -2.19. The maximum Gasteiger partial charge on any atom is 0.300 e. The molecule has 0 bridgehead atoms. The number of rotatable bonds is 6. The molecule has 0 spiro atoms. The number of allylic oxidation sites excluding steroid dienone is 1. The lowest BCUT2D eigenvalue weighted by molar-refractivity contribution is -0.134. The average molecular weight is 348 g/mol. The van der Waals surface area contributed by atoms with E-state index in [1.54, 1.807) is 6.08 Å². The van der Waals surface area contributed by atoms with Crippen LogP contribution in [0.1, 0.15) is 45.1 Å². The van der Waals surface area contributed by atoms with E-state index < -0.39 is 18.0 Å². The lowest BCUT2D eigenvalue weighted by Crippen LogP contribution is -2.22. The first-order chi connectivity index (χ1) is 11.9. The Morgan fingerprint density at radius 2 is 1.84 bits per heavy atom. The molecular weight excluding hydrogens is 320 g/mol. The number of benzene rings is 1. The van der Waals surface area contributed by atoms with E-state index >= 15 is 0 Å². The van der Waals surface area contributed by atoms with E-state index in [1.165, 1.54) is 5.56 Å². The van der Waals surface area contributed by atoms with Crippen LogP contribution < -0.4 is 0 Å². The molecule has 0 unspecified atom stereocenters. The van der Waals surface area contributed by atoms with Gasteiger partial charge in [0.2, 0.25) is 0 Å². The molecule has 1 aromatic rings. The summed E-state index contributed by atoms with van der Waals surface area (Å²) in [5.41, 5.74) is 1.29. The number of Topliss-reactive ketones (excluding diaryl/α,β-unsaturated/α-hetero) is 1. The number of carboxylic acids is 1. The Morgan fingerprint density at radius 1 is 1.24 bits per heavy atom. The zero-order valence-corrected chi connectivity index (χ0v) is 14.9. The minimum atomic E-state index is -0.833. The van der Waals surface area contributed by atoms with E-state index in [2.05, 4.69) is 12.1 Å². The molecule has 3 atom stereocenters. The lowest BCUT2D eigenvalue weighted by atomic mass is 9.89. The van der Waals surface area contributed by atoms with Crippen molar-refractivity contribution in [2.45, 2.75) is 52.1 Å². The van der Waals surface area contributed by atoms with Crippen molar-refractivity contribution in [2.75, 3.05) is 0 Å². The van der Waals surface area contributed by atoms with Crippen LogP contribution in [0.5, 0.6) is 0 Å². The summed E-state index contributed by atoms with van der Waals surface area (Å²) in [6.07, 6.45) is 4.56. The van der Waals surface area contributed by atoms with Gasteiger partial charge in [-0.1, -0.05) is 37.3 Å². The molecule has 138 valence electrons. The fraction of sp³-hybridized carbons (Fsp3) is 0.500. The summed E-state index contributed by atoms with van der Waals surface area (Å²) >= 11 is 0. The third-order valence-corrected chi connectivity index (χ3v) is 4.32. The highest BCUT2D eigenvalue weighted by molar-refractivity contribution is 5.84. The fourth-order valence-electron chi connectivity index (χ4n) is 3.17. The average Bonchev–Trinajstić information content (AvgIpc) is 2.85. The maximum atomic E-state index is 11.7. The highest BCUT2D eigenvalue weighted by Gasteiger charge is 2.42. The Morgan fingerprint density at radius 3 is 2.40 bits per heavy atom. The number of carboxylic acid groups (broad SMARTS) is 1. The number of hydrogen-bond acceptors (Lipinski definition) is 4. The predicted molar refractivity (Wildman–Crippen MR) is 96.3 cm³/mol. The van der Waals surface area contributed by atoms with Gasteiger partial charge in [0.15, 0.2) is 0 Å². The molecule has 0 heterocycles. The number of hydrogen-bond donors (Lipinski definition) is 3. The van der Waals surface area contributed by atoms with Crippen LogP contribution in [0, 0.1) is 11.8 Å². The van der Waals surface area contributed by atoms with Gasteiger partial charge in [0, 0.05) is 19.3 Å². The van der Waals surface area contributed by atoms with Crippen molar-refractivity contribution in [1.82, 2.24) is 0 Å². The van der Waals surface area contributed by atoms with Crippen LogP contribution in [-0.2, 0) is 16.0 Å². The summed E-state index contributed by atoms with van der Waals surface area (Å²) < 4.78 is 0. The second-order valence-electron chi connectivity index (χ2n) is 6.30. The van der Waals surface area contributed by atoms with E-state index in [4.69, 9.17) is 9.90 Å². The number of aryl methyl sites for hydroxylation is 1. The highest BCUT2D eigenvalue weighted by Crippen LogP contribution is 2.35. The molecule has 0 aliphatic heterocycles. The van der Waals surface area contributed by atoms with Gasteiger partial charge in [-0.15, -0.1) is 0 Å². The SMILES string of the molecule is CC(=O)O.CC[C@H]1C(=O)C[C@@H](O)[C@@H]1C(O)=CCCCc1ccccc1. The summed E-state index contributed by atoms with van der Waals surface area (Å²) in [4.78, 5) is 20.7. The van der Waals surface area contributed by atoms with Gasteiger partial charge in [0.1, 0.15) is 5.78 Å². The molecule has 5 heteroatoms.